The van der Waals surface area contributed by atoms with Crippen LogP contribution in [0.25, 0.3) is 0 Å². The largest absolute Gasteiger partial charge is 0.481 e. The molecule has 0 amide bonds. The Morgan fingerprint density at radius 1 is 1.19 bits per heavy atom. The van der Waals surface area contributed by atoms with Crippen LogP contribution in [0.1, 0.15) is 63.1 Å². The molecule has 6 heteroatoms. The Labute approximate surface area is 161 Å². The van der Waals surface area contributed by atoms with Gasteiger partial charge in [-0.2, -0.15) is 4.98 Å². The van der Waals surface area contributed by atoms with Crippen molar-refractivity contribution in [3.63, 3.8) is 0 Å². The van der Waals surface area contributed by atoms with Crippen molar-refractivity contribution in [2.24, 2.45) is 17.8 Å². The molecule has 4 heterocycles. The Balaban J connectivity index is 1.46. The highest BCUT2D eigenvalue weighted by Crippen LogP contribution is 2.49. The standard InChI is InChI=1S/C21H30N4O2/c1-12-4-3-5-16-19(12)22-21(25-7-6-13(25)2)23-20(16)24-10-14-8-15(11-24)17(14)9-18(26)27/h12-15,17H,3-11H2,1-2H3,(H,26,27)/t12-,13+,14-,15+,17-/m1/s1. The average molecular weight is 370 g/mol. The quantitative estimate of drug-likeness (QED) is 0.878. The van der Waals surface area contributed by atoms with Crippen LogP contribution in [0.15, 0.2) is 0 Å². The minimum atomic E-state index is -0.648. The maximum atomic E-state index is 11.2. The highest BCUT2D eigenvalue weighted by molar-refractivity contribution is 5.67. The smallest absolute Gasteiger partial charge is 0.303 e. The lowest BCUT2D eigenvalue weighted by molar-refractivity contribution is -0.141. The van der Waals surface area contributed by atoms with E-state index in [-0.39, 0.29) is 0 Å². The van der Waals surface area contributed by atoms with E-state index in [2.05, 4.69) is 23.6 Å². The van der Waals surface area contributed by atoms with Crippen molar-refractivity contribution in [3.8, 4) is 0 Å². The fourth-order valence-corrected chi connectivity index (χ4v) is 5.75. The minimum Gasteiger partial charge on any atom is -0.481 e. The number of carboxylic acids is 1. The summed E-state index contributed by atoms with van der Waals surface area (Å²) in [5.74, 6) is 3.32. The molecule has 1 saturated carbocycles. The molecule has 1 aromatic rings. The van der Waals surface area contributed by atoms with E-state index >= 15 is 0 Å². The summed E-state index contributed by atoms with van der Waals surface area (Å²) in [6.45, 7) is 7.53. The lowest BCUT2D eigenvalue weighted by atomic mass is 9.60. The molecule has 2 aliphatic carbocycles. The maximum absolute atomic E-state index is 11.2. The summed E-state index contributed by atoms with van der Waals surface area (Å²) in [6.07, 6.45) is 6.24. The Hall–Kier alpha value is -1.85. The molecule has 3 aliphatic heterocycles. The number of anilines is 2. The zero-order chi connectivity index (χ0) is 18.7. The van der Waals surface area contributed by atoms with Gasteiger partial charge >= 0.3 is 5.97 Å². The van der Waals surface area contributed by atoms with E-state index in [0.717, 1.165) is 37.8 Å². The molecular formula is C21H30N4O2. The van der Waals surface area contributed by atoms with E-state index in [0.29, 0.717) is 36.1 Å². The number of aliphatic carboxylic acids is 1. The number of fused-ring (bicyclic) bond motifs is 3. The highest BCUT2D eigenvalue weighted by atomic mass is 16.4. The summed E-state index contributed by atoms with van der Waals surface area (Å²) < 4.78 is 0. The molecule has 27 heavy (non-hydrogen) atoms. The van der Waals surface area contributed by atoms with Gasteiger partial charge in [0.15, 0.2) is 0 Å². The van der Waals surface area contributed by atoms with Crippen LogP contribution in [-0.2, 0) is 11.2 Å². The second-order valence-corrected chi connectivity index (χ2v) is 9.26. The van der Waals surface area contributed by atoms with Gasteiger partial charge in [-0.1, -0.05) is 6.92 Å². The number of piperidine rings is 2. The SMILES string of the molecule is C[C@@H]1CCCc2c1nc(N1CC[C@@H]1C)nc2N1C[C@H]2C[C@@H](C1)[C@@H]2CC(=O)O. The molecule has 1 N–H and O–H groups in total. The van der Waals surface area contributed by atoms with Crippen LogP contribution in [0.2, 0.25) is 0 Å². The monoisotopic (exact) mass is 370 g/mol. The number of rotatable bonds is 4. The fraction of sp³-hybridized carbons (Fsp3) is 0.762. The summed E-state index contributed by atoms with van der Waals surface area (Å²) in [6, 6.07) is 0.532. The van der Waals surface area contributed by atoms with Gasteiger partial charge in [0.05, 0.1) is 5.69 Å². The first-order valence-corrected chi connectivity index (χ1v) is 10.7. The van der Waals surface area contributed by atoms with Crippen LogP contribution in [0.3, 0.4) is 0 Å². The molecule has 0 spiro atoms. The minimum absolute atomic E-state index is 0.332. The van der Waals surface area contributed by atoms with Crippen LogP contribution in [0.5, 0.6) is 0 Å². The number of nitrogens with zero attached hydrogens (tertiary/aromatic N) is 4. The lowest BCUT2D eigenvalue weighted by Gasteiger charge is -2.54. The summed E-state index contributed by atoms with van der Waals surface area (Å²) in [7, 11) is 0. The normalized spacial score (nSPS) is 34.5. The molecule has 6 rings (SSSR count). The molecular weight excluding hydrogens is 340 g/mol. The van der Waals surface area contributed by atoms with E-state index in [9.17, 15) is 9.90 Å². The lowest BCUT2D eigenvalue weighted by Crippen LogP contribution is -2.56. The number of hydrogen-bond acceptors (Lipinski definition) is 5. The molecule has 1 aromatic heterocycles. The molecule has 2 bridgehead atoms. The molecule has 0 aromatic carbocycles. The Bertz CT molecular complexity index is 755. The van der Waals surface area contributed by atoms with E-state index in [1.807, 2.05) is 0 Å². The second kappa shape index (κ2) is 6.35. The van der Waals surface area contributed by atoms with Crippen LogP contribution in [0, 0.1) is 17.8 Å². The van der Waals surface area contributed by atoms with E-state index in [1.165, 1.54) is 36.9 Å². The molecule has 0 radical (unpaired) electrons. The van der Waals surface area contributed by atoms with Gasteiger partial charge < -0.3 is 14.9 Å². The molecule has 5 atom stereocenters. The highest BCUT2D eigenvalue weighted by Gasteiger charge is 2.48. The number of hydrogen-bond donors (Lipinski definition) is 1. The molecule has 5 aliphatic rings. The first-order chi connectivity index (χ1) is 13.0. The van der Waals surface area contributed by atoms with Crippen molar-refractivity contribution in [3.05, 3.63) is 11.3 Å². The van der Waals surface area contributed by atoms with Gasteiger partial charge in [-0.3, -0.25) is 4.79 Å². The summed E-state index contributed by atoms with van der Waals surface area (Å²) in [5, 5.41) is 9.19. The number of aromatic nitrogens is 2. The zero-order valence-corrected chi connectivity index (χ0v) is 16.4. The van der Waals surface area contributed by atoms with Crippen molar-refractivity contribution in [1.82, 2.24) is 9.97 Å². The van der Waals surface area contributed by atoms with Gasteiger partial charge in [-0.15, -0.1) is 0 Å². The van der Waals surface area contributed by atoms with Crippen molar-refractivity contribution in [1.29, 1.82) is 0 Å². The first kappa shape index (κ1) is 17.3. The maximum Gasteiger partial charge on any atom is 0.303 e. The number of carboxylic acid groups (broad SMARTS) is 1. The molecule has 6 nitrogen and oxygen atoms in total. The summed E-state index contributed by atoms with van der Waals surface area (Å²) >= 11 is 0. The Kier molecular flexibility index (Phi) is 4.06. The van der Waals surface area contributed by atoms with E-state index in [4.69, 9.17) is 9.97 Å². The van der Waals surface area contributed by atoms with Gasteiger partial charge in [-0.25, -0.2) is 4.98 Å². The predicted octanol–water partition coefficient (Wildman–Crippen LogP) is 3.06. The third-order valence-corrected chi connectivity index (χ3v) is 7.55. The number of carbonyl (C=O) groups is 1. The second-order valence-electron chi connectivity index (χ2n) is 9.26. The Morgan fingerprint density at radius 3 is 2.59 bits per heavy atom. The molecule has 3 saturated heterocycles. The van der Waals surface area contributed by atoms with Gasteiger partial charge in [0.2, 0.25) is 5.95 Å². The summed E-state index contributed by atoms with van der Waals surface area (Å²) in [4.78, 5) is 26.1. The predicted molar refractivity (Wildman–Crippen MR) is 104 cm³/mol. The van der Waals surface area contributed by atoms with Gasteiger partial charge in [-0.05, 0) is 62.7 Å². The van der Waals surface area contributed by atoms with Crippen molar-refractivity contribution < 1.29 is 9.90 Å². The molecule has 146 valence electrons. The zero-order valence-electron chi connectivity index (χ0n) is 16.4. The van der Waals surface area contributed by atoms with Crippen molar-refractivity contribution in [2.75, 3.05) is 29.4 Å². The van der Waals surface area contributed by atoms with Gasteiger partial charge in [0.25, 0.3) is 0 Å². The van der Waals surface area contributed by atoms with Crippen LogP contribution in [0.4, 0.5) is 11.8 Å². The van der Waals surface area contributed by atoms with Crippen LogP contribution in [-0.4, -0.2) is 46.7 Å². The van der Waals surface area contributed by atoms with Gasteiger partial charge in [0, 0.05) is 37.7 Å². The van der Waals surface area contributed by atoms with Crippen LogP contribution < -0.4 is 9.80 Å². The van der Waals surface area contributed by atoms with Crippen molar-refractivity contribution in [2.45, 2.75) is 64.3 Å². The third-order valence-electron chi connectivity index (χ3n) is 7.55. The molecule has 0 unspecified atom stereocenters. The van der Waals surface area contributed by atoms with Crippen LogP contribution >= 0.6 is 0 Å². The fourth-order valence-electron chi connectivity index (χ4n) is 5.75. The van der Waals surface area contributed by atoms with Crippen molar-refractivity contribution >= 4 is 17.7 Å². The Morgan fingerprint density at radius 2 is 1.96 bits per heavy atom. The third kappa shape index (κ3) is 2.79. The summed E-state index contributed by atoms with van der Waals surface area (Å²) in [5.41, 5.74) is 2.63. The van der Waals surface area contributed by atoms with E-state index in [1.54, 1.807) is 0 Å². The van der Waals surface area contributed by atoms with Gasteiger partial charge in [0.1, 0.15) is 5.82 Å². The topological polar surface area (TPSA) is 69.6 Å². The average Bonchev–Trinajstić information content (AvgIpc) is 2.65. The molecule has 4 fully saturated rings. The first-order valence-electron chi connectivity index (χ1n) is 10.7. The van der Waals surface area contributed by atoms with E-state index < -0.39 is 5.97 Å².